The average Bonchev–Trinajstić information content (AvgIpc) is 3.18. The Labute approximate surface area is 186 Å². The third-order valence-electron chi connectivity index (χ3n) is 4.42. The van der Waals surface area contributed by atoms with Crippen LogP contribution in [0.5, 0.6) is 0 Å². The van der Waals surface area contributed by atoms with Gasteiger partial charge in [0, 0.05) is 28.3 Å². The third-order valence-corrected chi connectivity index (χ3v) is 4.77. The van der Waals surface area contributed by atoms with Gasteiger partial charge >= 0.3 is 0 Å². The topological polar surface area (TPSA) is 84.2 Å². The SMILES string of the molecule is CC(C)(C)c1cc(NC(=O)Cc2ccc(NC(=O)/C=C/c3ccccc3Cl)cc2)no1. The predicted molar refractivity (Wildman–Crippen MR) is 123 cm³/mol. The molecule has 1 aromatic heterocycles. The molecule has 1 heterocycles. The van der Waals surface area contributed by atoms with Crippen LogP contribution in [0.3, 0.4) is 0 Å². The molecule has 0 aliphatic heterocycles. The first-order valence-electron chi connectivity index (χ1n) is 9.80. The van der Waals surface area contributed by atoms with Crippen LogP contribution in [0.2, 0.25) is 5.02 Å². The second-order valence-electron chi connectivity index (χ2n) is 8.09. The summed E-state index contributed by atoms with van der Waals surface area (Å²) >= 11 is 6.07. The van der Waals surface area contributed by atoms with Gasteiger partial charge in [0.15, 0.2) is 5.82 Å². The second-order valence-corrected chi connectivity index (χ2v) is 8.50. The molecule has 3 rings (SSSR count). The van der Waals surface area contributed by atoms with Crippen LogP contribution in [0.15, 0.2) is 65.2 Å². The van der Waals surface area contributed by atoms with Crippen LogP contribution in [-0.2, 0) is 21.4 Å². The summed E-state index contributed by atoms with van der Waals surface area (Å²) in [6, 6.07) is 16.1. The first kappa shape index (κ1) is 22.3. The third kappa shape index (κ3) is 6.55. The van der Waals surface area contributed by atoms with Crippen molar-refractivity contribution < 1.29 is 14.1 Å². The zero-order valence-corrected chi connectivity index (χ0v) is 18.4. The summed E-state index contributed by atoms with van der Waals surface area (Å²) < 4.78 is 5.27. The molecule has 160 valence electrons. The molecule has 0 fully saturated rings. The Balaban J connectivity index is 1.52. The standard InChI is InChI=1S/C24H24ClN3O3/c1-24(2,3)20-15-21(28-31-20)27-23(30)14-16-8-11-18(12-9-16)26-22(29)13-10-17-6-4-5-7-19(17)25/h4-13,15H,14H2,1-3H3,(H,26,29)(H,27,28,30)/b13-10+. The van der Waals surface area contributed by atoms with Crippen molar-refractivity contribution in [2.75, 3.05) is 10.6 Å². The fourth-order valence-electron chi connectivity index (χ4n) is 2.73. The summed E-state index contributed by atoms with van der Waals surface area (Å²) in [7, 11) is 0. The molecule has 0 aliphatic carbocycles. The number of anilines is 2. The van der Waals surface area contributed by atoms with Crippen LogP contribution in [0.1, 0.15) is 37.7 Å². The smallest absolute Gasteiger partial charge is 0.248 e. The quantitative estimate of drug-likeness (QED) is 0.501. The summed E-state index contributed by atoms with van der Waals surface area (Å²) in [5, 5.41) is 9.97. The highest BCUT2D eigenvalue weighted by Gasteiger charge is 2.20. The summed E-state index contributed by atoms with van der Waals surface area (Å²) in [5.74, 6) is 0.620. The van der Waals surface area contributed by atoms with Crippen LogP contribution in [0.25, 0.3) is 6.08 Å². The molecule has 0 spiro atoms. The Morgan fingerprint density at radius 3 is 2.42 bits per heavy atom. The summed E-state index contributed by atoms with van der Waals surface area (Å²) in [6.45, 7) is 6.02. The maximum absolute atomic E-state index is 12.3. The summed E-state index contributed by atoms with van der Waals surface area (Å²) in [5.41, 5.74) is 2.02. The van der Waals surface area contributed by atoms with Crippen molar-refractivity contribution in [3.8, 4) is 0 Å². The number of hydrogen-bond acceptors (Lipinski definition) is 4. The monoisotopic (exact) mass is 437 g/mol. The minimum Gasteiger partial charge on any atom is -0.359 e. The number of halogens is 1. The van der Waals surface area contributed by atoms with E-state index in [1.165, 1.54) is 6.08 Å². The molecule has 31 heavy (non-hydrogen) atoms. The lowest BCUT2D eigenvalue weighted by atomic mass is 9.93. The molecule has 0 radical (unpaired) electrons. The molecule has 0 saturated heterocycles. The number of aromatic nitrogens is 1. The number of carbonyl (C=O) groups is 2. The summed E-state index contributed by atoms with van der Waals surface area (Å²) in [6.07, 6.45) is 3.26. The van der Waals surface area contributed by atoms with E-state index in [2.05, 4.69) is 15.8 Å². The van der Waals surface area contributed by atoms with E-state index in [9.17, 15) is 9.59 Å². The second kappa shape index (κ2) is 9.62. The fourth-order valence-corrected chi connectivity index (χ4v) is 2.92. The van der Waals surface area contributed by atoms with E-state index in [0.29, 0.717) is 22.3 Å². The molecular weight excluding hydrogens is 414 g/mol. The Bertz CT molecular complexity index is 1100. The largest absolute Gasteiger partial charge is 0.359 e. The van der Waals surface area contributed by atoms with E-state index in [1.54, 1.807) is 42.5 Å². The molecule has 6 nitrogen and oxygen atoms in total. The Morgan fingerprint density at radius 2 is 1.77 bits per heavy atom. The van der Waals surface area contributed by atoms with Gasteiger partial charge in [0.1, 0.15) is 5.76 Å². The summed E-state index contributed by atoms with van der Waals surface area (Å²) in [4.78, 5) is 24.4. The zero-order valence-electron chi connectivity index (χ0n) is 17.6. The maximum Gasteiger partial charge on any atom is 0.248 e. The van der Waals surface area contributed by atoms with Gasteiger partial charge in [-0.25, -0.2) is 0 Å². The number of benzene rings is 2. The van der Waals surface area contributed by atoms with E-state index in [4.69, 9.17) is 16.1 Å². The van der Waals surface area contributed by atoms with Gasteiger partial charge in [0.2, 0.25) is 11.8 Å². The van der Waals surface area contributed by atoms with E-state index >= 15 is 0 Å². The molecule has 0 atom stereocenters. The molecule has 0 bridgehead atoms. The van der Waals surface area contributed by atoms with Gasteiger partial charge in [-0.05, 0) is 35.4 Å². The van der Waals surface area contributed by atoms with Crippen LogP contribution in [0, 0.1) is 0 Å². The molecular formula is C24H24ClN3O3. The highest BCUT2D eigenvalue weighted by atomic mass is 35.5. The predicted octanol–water partition coefficient (Wildman–Crippen LogP) is 5.46. The Hall–Kier alpha value is -3.38. The van der Waals surface area contributed by atoms with Crippen molar-refractivity contribution in [1.82, 2.24) is 5.16 Å². The van der Waals surface area contributed by atoms with Gasteiger partial charge < -0.3 is 15.2 Å². The number of rotatable bonds is 6. The first-order chi connectivity index (χ1) is 14.7. The van der Waals surface area contributed by atoms with Crippen molar-refractivity contribution in [2.24, 2.45) is 0 Å². The van der Waals surface area contributed by atoms with E-state index < -0.39 is 0 Å². The molecule has 2 amide bonds. The normalized spacial score (nSPS) is 11.5. The van der Waals surface area contributed by atoms with Gasteiger partial charge in [0.05, 0.1) is 6.42 Å². The van der Waals surface area contributed by atoms with Gasteiger partial charge in [-0.3, -0.25) is 9.59 Å². The molecule has 2 N–H and O–H groups in total. The highest BCUT2D eigenvalue weighted by molar-refractivity contribution is 6.32. The zero-order chi connectivity index (χ0) is 22.4. The fraction of sp³-hybridized carbons (Fsp3) is 0.208. The highest BCUT2D eigenvalue weighted by Crippen LogP contribution is 2.24. The minimum absolute atomic E-state index is 0.179. The number of carbonyl (C=O) groups excluding carboxylic acids is 2. The van der Waals surface area contributed by atoms with Crippen molar-refractivity contribution in [3.05, 3.63) is 82.6 Å². The lowest BCUT2D eigenvalue weighted by molar-refractivity contribution is -0.115. The van der Waals surface area contributed by atoms with Crippen molar-refractivity contribution in [2.45, 2.75) is 32.6 Å². The number of amides is 2. The number of hydrogen-bond donors (Lipinski definition) is 2. The van der Waals surface area contributed by atoms with Crippen LogP contribution in [0.4, 0.5) is 11.5 Å². The van der Waals surface area contributed by atoms with Gasteiger partial charge in [-0.15, -0.1) is 0 Å². The average molecular weight is 438 g/mol. The van der Waals surface area contributed by atoms with Crippen LogP contribution < -0.4 is 10.6 Å². The van der Waals surface area contributed by atoms with Crippen molar-refractivity contribution in [3.63, 3.8) is 0 Å². The number of nitrogens with one attached hydrogen (secondary N) is 2. The molecule has 0 aliphatic rings. The lowest BCUT2D eigenvalue weighted by Gasteiger charge is -2.12. The van der Waals surface area contributed by atoms with Crippen molar-refractivity contribution in [1.29, 1.82) is 0 Å². The Morgan fingerprint density at radius 1 is 1.06 bits per heavy atom. The van der Waals surface area contributed by atoms with Gasteiger partial charge in [-0.2, -0.15) is 0 Å². The van der Waals surface area contributed by atoms with Crippen LogP contribution in [-0.4, -0.2) is 17.0 Å². The molecule has 2 aromatic carbocycles. The van der Waals surface area contributed by atoms with Crippen molar-refractivity contribution >= 4 is 41.0 Å². The molecule has 0 saturated carbocycles. The number of nitrogens with zero attached hydrogens (tertiary/aromatic N) is 1. The maximum atomic E-state index is 12.3. The first-order valence-corrected chi connectivity index (χ1v) is 10.2. The molecule has 7 heteroatoms. The molecule has 3 aromatic rings. The van der Waals surface area contributed by atoms with E-state index in [-0.39, 0.29) is 23.7 Å². The van der Waals surface area contributed by atoms with E-state index in [1.807, 2.05) is 39.0 Å². The van der Waals surface area contributed by atoms with Crippen LogP contribution >= 0.6 is 11.6 Å². The Kier molecular flexibility index (Phi) is 6.92. The van der Waals surface area contributed by atoms with E-state index in [0.717, 1.165) is 11.1 Å². The lowest BCUT2D eigenvalue weighted by Crippen LogP contribution is -2.15. The molecule has 0 unspecified atom stereocenters. The minimum atomic E-state index is -0.272. The van der Waals surface area contributed by atoms with Gasteiger partial charge in [-0.1, -0.05) is 67.9 Å². The van der Waals surface area contributed by atoms with Gasteiger partial charge in [0.25, 0.3) is 0 Å².